The van der Waals surface area contributed by atoms with Gasteiger partial charge in [-0.25, -0.2) is 9.59 Å². The predicted octanol–water partition coefficient (Wildman–Crippen LogP) is 5.31. The molecule has 10 heteroatoms. The molecule has 1 N–H and O–H groups in total. The van der Waals surface area contributed by atoms with Crippen LogP contribution in [0.25, 0.3) is 0 Å². The Hall–Kier alpha value is -3.18. The van der Waals surface area contributed by atoms with Crippen LogP contribution < -0.4 is 10.1 Å². The second-order valence-electron chi connectivity index (χ2n) is 9.13. The number of esters is 2. The van der Waals surface area contributed by atoms with Crippen molar-refractivity contribution in [1.82, 2.24) is 0 Å². The summed E-state index contributed by atoms with van der Waals surface area (Å²) >= 11 is 0. The van der Waals surface area contributed by atoms with Gasteiger partial charge >= 0.3 is 11.9 Å². The van der Waals surface area contributed by atoms with Crippen LogP contribution in [0.2, 0.25) is 0 Å². The molecule has 0 aliphatic rings. The summed E-state index contributed by atoms with van der Waals surface area (Å²) in [5.41, 5.74) is 1.40. The smallest absolute Gasteiger partial charge is 0.369 e. The minimum absolute atomic E-state index is 0.0771. The molecule has 2 rings (SSSR count). The largest absolute Gasteiger partial charge is 0.497 e. The van der Waals surface area contributed by atoms with E-state index in [1.54, 1.807) is 60.8 Å². The van der Waals surface area contributed by atoms with Crippen molar-refractivity contribution in [3.8, 4) is 5.75 Å². The zero-order valence-corrected chi connectivity index (χ0v) is 26.0. The summed E-state index contributed by atoms with van der Waals surface area (Å²) in [6, 6.07) is 15.7. The maximum atomic E-state index is 13.7. The molecule has 42 heavy (non-hydrogen) atoms. The molecule has 0 amide bonds. The number of methoxy groups -OCH3 is 1. The third-order valence-corrected chi connectivity index (χ3v) is 6.58. The van der Waals surface area contributed by atoms with Gasteiger partial charge in [0.1, 0.15) is 5.75 Å². The zero-order chi connectivity index (χ0) is 31.0. The highest BCUT2D eigenvalue weighted by Crippen LogP contribution is 2.41. The molecule has 0 radical (unpaired) electrons. The van der Waals surface area contributed by atoms with Gasteiger partial charge in [0.05, 0.1) is 32.3 Å². The van der Waals surface area contributed by atoms with Gasteiger partial charge in [-0.2, -0.15) is 0 Å². The summed E-state index contributed by atoms with van der Waals surface area (Å²) in [5.74, 6) is -5.19. The summed E-state index contributed by atoms with van der Waals surface area (Å²) in [5, 5.41) is 3.44. The number of rotatable bonds is 20. The Morgan fingerprint density at radius 1 is 0.667 bits per heavy atom. The minimum Gasteiger partial charge on any atom is -0.497 e. The molecule has 0 aliphatic heterocycles. The Bertz CT molecular complexity index is 1050. The lowest BCUT2D eigenvalue weighted by Crippen LogP contribution is -2.60. The second-order valence-corrected chi connectivity index (χ2v) is 9.13. The highest BCUT2D eigenvalue weighted by atomic mass is 16.7. The predicted molar refractivity (Wildman–Crippen MR) is 159 cm³/mol. The maximum absolute atomic E-state index is 13.7. The first-order valence-corrected chi connectivity index (χ1v) is 14.7. The number of benzene rings is 2. The van der Waals surface area contributed by atoms with Crippen molar-refractivity contribution in [2.24, 2.45) is 0 Å². The standard InChI is InChI=1S/C32H47NO9/c1-8-37-29(34)31(39-10-3,40-11-4)27(24-17-15-14-16-18-24)23-28(33-25-19-21-26(36-7)22-20-25)32(41-12-5,42-13-6)30(35)38-9-2/h14-22,27-28,33H,8-13,23H2,1-7H3/t27-,28+/m0/s1. The van der Waals surface area contributed by atoms with E-state index < -0.39 is 35.5 Å². The van der Waals surface area contributed by atoms with Gasteiger partial charge in [0.15, 0.2) is 0 Å². The van der Waals surface area contributed by atoms with Crippen LogP contribution in [0.3, 0.4) is 0 Å². The molecule has 2 aromatic rings. The molecule has 0 aromatic heterocycles. The Morgan fingerprint density at radius 3 is 1.60 bits per heavy atom. The summed E-state index contributed by atoms with van der Waals surface area (Å²) in [6.45, 7) is 11.4. The first-order valence-electron chi connectivity index (χ1n) is 14.7. The summed E-state index contributed by atoms with van der Waals surface area (Å²) in [4.78, 5) is 27.5. The van der Waals surface area contributed by atoms with Crippen LogP contribution in [0, 0.1) is 0 Å². The lowest BCUT2D eigenvalue weighted by atomic mass is 9.82. The summed E-state index contributed by atoms with van der Waals surface area (Å²) < 4.78 is 41.1. The Labute approximate surface area is 249 Å². The van der Waals surface area contributed by atoms with Crippen molar-refractivity contribution in [1.29, 1.82) is 0 Å². The quantitative estimate of drug-likeness (QED) is 0.161. The number of ether oxygens (including phenoxy) is 7. The van der Waals surface area contributed by atoms with E-state index in [9.17, 15) is 9.59 Å². The molecule has 0 unspecified atom stereocenters. The molecule has 234 valence electrons. The highest BCUT2D eigenvalue weighted by molar-refractivity contribution is 5.81. The second kappa shape index (κ2) is 17.7. The van der Waals surface area contributed by atoms with E-state index in [1.807, 2.05) is 42.5 Å². The van der Waals surface area contributed by atoms with Crippen LogP contribution in [0.15, 0.2) is 54.6 Å². The molecule has 0 saturated carbocycles. The number of hydrogen-bond acceptors (Lipinski definition) is 10. The molecular weight excluding hydrogens is 542 g/mol. The van der Waals surface area contributed by atoms with Crippen LogP contribution in [-0.2, 0) is 38.0 Å². The molecule has 0 spiro atoms. The molecule has 0 bridgehead atoms. The Balaban J connectivity index is 2.85. The number of carbonyl (C=O) groups excluding carboxylic acids is 2. The van der Waals surface area contributed by atoms with Gasteiger partial charge in [-0.05, 0) is 77.8 Å². The van der Waals surface area contributed by atoms with Gasteiger partial charge in [0.25, 0.3) is 11.6 Å². The third-order valence-electron chi connectivity index (χ3n) is 6.58. The molecule has 2 aromatic carbocycles. The van der Waals surface area contributed by atoms with Gasteiger partial charge in [0.2, 0.25) is 0 Å². The van der Waals surface area contributed by atoms with Crippen LogP contribution in [0.5, 0.6) is 5.75 Å². The maximum Gasteiger partial charge on any atom is 0.369 e. The fourth-order valence-corrected chi connectivity index (χ4v) is 4.96. The average molecular weight is 590 g/mol. The topological polar surface area (TPSA) is 111 Å². The minimum atomic E-state index is -1.88. The van der Waals surface area contributed by atoms with Crippen LogP contribution in [-0.4, -0.2) is 76.3 Å². The molecule has 0 heterocycles. The van der Waals surface area contributed by atoms with Gasteiger partial charge in [-0.1, -0.05) is 30.3 Å². The SMILES string of the molecule is CCOC(=O)C(OCC)(OCC)[C@@H](C[C@@H](c1ccccc1)C(OCC)(OCC)C(=O)OCC)Nc1ccc(OC)cc1. The van der Waals surface area contributed by atoms with Gasteiger partial charge in [-0.15, -0.1) is 0 Å². The number of hydrogen-bond donors (Lipinski definition) is 1. The lowest BCUT2D eigenvalue weighted by Gasteiger charge is -2.43. The Kier molecular flexibility index (Phi) is 14.8. The monoisotopic (exact) mass is 589 g/mol. The van der Waals surface area contributed by atoms with E-state index in [4.69, 9.17) is 33.2 Å². The van der Waals surface area contributed by atoms with E-state index in [1.165, 1.54) is 0 Å². The number of nitrogens with one attached hydrogen (secondary N) is 1. The first-order chi connectivity index (χ1) is 20.3. The molecule has 0 saturated heterocycles. The molecule has 2 atom stereocenters. The van der Waals surface area contributed by atoms with Crippen molar-refractivity contribution in [3.05, 3.63) is 60.2 Å². The zero-order valence-electron chi connectivity index (χ0n) is 26.0. The summed E-state index contributed by atoms with van der Waals surface area (Å²) in [6.07, 6.45) is 0.0771. The van der Waals surface area contributed by atoms with E-state index in [0.717, 1.165) is 5.56 Å². The van der Waals surface area contributed by atoms with E-state index in [-0.39, 0.29) is 46.1 Å². The van der Waals surface area contributed by atoms with Gasteiger partial charge < -0.3 is 38.5 Å². The van der Waals surface area contributed by atoms with E-state index >= 15 is 0 Å². The van der Waals surface area contributed by atoms with Crippen molar-refractivity contribution < 1.29 is 42.7 Å². The highest BCUT2D eigenvalue weighted by Gasteiger charge is 2.56. The average Bonchev–Trinajstić information content (AvgIpc) is 3.00. The fraction of sp³-hybridized carbons (Fsp3) is 0.562. The van der Waals surface area contributed by atoms with Crippen LogP contribution >= 0.6 is 0 Å². The van der Waals surface area contributed by atoms with E-state index in [0.29, 0.717) is 11.4 Å². The Morgan fingerprint density at radius 2 is 1.14 bits per heavy atom. The van der Waals surface area contributed by atoms with Crippen molar-refractivity contribution >= 4 is 17.6 Å². The fourth-order valence-electron chi connectivity index (χ4n) is 4.96. The van der Waals surface area contributed by atoms with E-state index in [2.05, 4.69) is 5.32 Å². The van der Waals surface area contributed by atoms with Crippen LogP contribution in [0.4, 0.5) is 5.69 Å². The summed E-state index contributed by atoms with van der Waals surface area (Å²) in [7, 11) is 1.59. The van der Waals surface area contributed by atoms with Crippen LogP contribution in [0.1, 0.15) is 59.4 Å². The molecule has 10 nitrogen and oxygen atoms in total. The van der Waals surface area contributed by atoms with Gasteiger partial charge in [-0.3, -0.25) is 0 Å². The number of carbonyl (C=O) groups is 2. The normalized spacial score (nSPS) is 13.2. The third kappa shape index (κ3) is 8.44. The molecular formula is C32H47NO9. The molecule has 0 aliphatic carbocycles. The van der Waals surface area contributed by atoms with Crippen molar-refractivity contribution in [2.45, 2.75) is 71.5 Å². The first kappa shape index (κ1) is 35.0. The van der Waals surface area contributed by atoms with Crippen molar-refractivity contribution in [2.75, 3.05) is 52.1 Å². The number of anilines is 1. The lowest BCUT2D eigenvalue weighted by molar-refractivity contribution is -0.267. The molecule has 0 fully saturated rings. The van der Waals surface area contributed by atoms with Gasteiger partial charge in [0, 0.05) is 32.1 Å². The van der Waals surface area contributed by atoms with Crippen molar-refractivity contribution in [3.63, 3.8) is 0 Å².